The molecule has 0 spiro atoms. The van der Waals surface area contributed by atoms with E-state index in [0.717, 1.165) is 0 Å². The molecule has 0 aromatic heterocycles. The van der Waals surface area contributed by atoms with Crippen LogP contribution in [0, 0.1) is 5.92 Å². The highest BCUT2D eigenvalue weighted by Crippen LogP contribution is 2.37. The van der Waals surface area contributed by atoms with Crippen molar-refractivity contribution < 1.29 is 9.59 Å². The highest BCUT2D eigenvalue weighted by Gasteiger charge is 2.35. The number of hydrogen-bond acceptors (Lipinski definition) is 2. The van der Waals surface area contributed by atoms with Crippen molar-refractivity contribution in [3.8, 4) is 0 Å². The zero-order chi connectivity index (χ0) is 13.4. The topological polar surface area (TPSA) is 63.4 Å². The Hall–Kier alpha value is -0.780. The number of benzene rings is 1. The molecule has 2 rings (SSSR count). The van der Waals surface area contributed by atoms with Gasteiger partial charge in [-0.3, -0.25) is 9.59 Å². The predicted molar refractivity (Wildman–Crippen MR) is 73.8 cm³/mol. The number of nitrogens with zero attached hydrogens (tertiary/aromatic N) is 1. The molecule has 1 aromatic rings. The van der Waals surface area contributed by atoms with Crippen LogP contribution in [0.15, 0.2) is 16.6 Å². The first-order valence-electron chi connectivity index (χ1n) is 5.14. The van der Waals surface area contributed by atoms with Crippen LogP contribution in [0.25, 0.3) is 0 Å². The third-order valence-corrected chi connectivity index (χ3v) is 4.31. The Morgan fingerprint density at radius 1 is 1.39 bits per heavy atom. The fourth-order valence-electron chi connectivity index (χ4n) is 1.85. The van der Waals surface area contributed by atoms with E-state index < -0.39 is 11.8 Å². The zero-order valence-electron chi connectivity index (χ0n) is 9.12. The second-order valence-corrected chi connectivity index (χ2v) is 5.69. The van der Waals surface area contributed by atoms with Gasteiger partial charge in [-0.05, 0) is 28.1 Å². The lowest BCUT2D eigenvalue weighted by atomic mass is 10.1. The van der Waals surface area contributed by atoms with Crippen LogP contribution >= 0.6 is 39.1 Å². The average Bonchev–Trinajstić information content (AvgIpc) is 2.66. The minimum Gasteiger partial charge on any atom is -0.369 e. The van der Waals surface area contributed by atoms with Crippen molar-refractivity contribution in [1.29, 1.82) is 0 Å². The number of carbonyl (C=O) groups is 2. The smallest absolute Gasteiger partial charge is 0.227 e. The number of halogens is 3. The van der Waals surface area contributed by atoms with Crippen molar-refractivity contribution in [1.82, 2.24) is 0 Å². The van der Waals surface area contributed by atoms with E-state index in [9.17, 15) is 9.59 Å². The van der Waals surface area contributed by atoms with E-state index in [1.807, 2.05) is 0 Å². The van der Waals surface area contributed by atoms with Crippen LogP contribution in [0.2, 0.25) is 10.0 Å². The molecule has 4 nitrogen and oxygen atoms in total. The van der Waals surface area contributed by atoms with Crippen LogP contribution in [0.3, 0.4) is 0 Å². The van der Waals surface area contributed by atoms with E-state index in [2.05, 4.69) is 15.9 Å². The summed E-state index contributed by atoms with van der Waals surface area (Å²) in [5.74, 6) is -1.14. The lowest BCUT2D eigenvalue weighted by Crippen LogP contribution is -2.28. The van der Waals surface area contributed by atoms with Gasteiger partial charge in [0.1, 0.15) is 0 Å². The molecule has 1 atom stereocenters. The maximum atomic E-state index is 11.8. The summed E-state index contributed by atoms with van der Waals surface area (Å²) < 4.78 is 0.649. The Balaban J connectivity index is 2.35. The molecule has 0 saturated carbocycles. The van der Waals surface area contributed by atoms with Gasteiger partial charge in [-0.1, -0.05) is 23.2 Å². The largest absolute Gasteiger partial charge is 0.369 e. The number of hydrogen-bond donors (Lipinski definition) is 1. The normalized spacial score (nSPS) is 19.4. The number of rotatable bonds is 2. The molecule has 1 aliphatic rings. The van der Waals surface area contributed by atoms with Crippen LogP contribution in [-0.4, -0.2) is 18.4 Å². The fourth-order valence-corrected chi connectivity index (χ4v) is 2.75. The molecule has 1 unspecified atom stereocenters. The van der Waals surface area contributed by atoms with Crippen molar-refractivity contribution in [2.45, 2.75) is 6.42 Å². The number of nitrogens with two attached hydrogens (primary N) is 1. The Bertz CT molecular complexity index is 536. The van der Waals surface area contributed by atoms with Gasteiger partial charge < -0.3 is 10.6 Å². The second kappa shape index (κ2) is 5.07. The monoisotopic (exact) mass is 350 g/mol. The van der Waals surface area contributed by atoms with Crippen LogP contribution in [0.4, 0.5) is 5.69 Å². The van der Waals surface area contributed by atoms with Crippen LogP contribution in [0.1, 0.15) is 6.42 Å². The number of anilines is 1. The van der Waals surface area contributed by atoms with Gasteiger partial charge in [0, 0.05) is 17.4 Å². The van der Waals surface area contributed by atoms with Crippen molar-refractivity contribution in [3.63, 3.8) is 0 Å². The molecule has 1 heterocycles. The lowest BCUT2D eigenvalue weighted by Gasteiger charge is -2.18. The third kappa shape index (κ3) is 2.48. The Morgan fingerprint density at radius 3 is 2.61 bits per heavy atom. The summed E-state index contributed by atoms with van der Waals surface area (Å²) in [7, 11) is 0. The predicted octanol–water partition coefficient (Wildman–Crippen LogP) is 2.59. The average molecular weight is 352 g/mol. The number of amides is 2. The van der Waals surface area contributed by atoms with Crippen LogP contribution < -0.4 is 10.6 Å². The van der Waals surface area contributed by atoms with Gasteiger partial charge in [0.25, 0.3) is 0 Å². The Morgan fingerprint density at radius 2 is 2.06 bits per heavy atom. The van der Waals surface area contributed by atoms with Gasteiger partial charge in [0.05, 0.1) is 21.7 Å². The van der Waals surface area contributed by atoms with Crippen molar-refractivity contribution in [2.24, 2.45) is 11.7 Å². The highest BCUT2D eigenvalue weighted by atomic mass is 79.9. The molecule has 0 aliphatic carbocycles. The van der Waals surface area contributed by atoms with Gasteiger partial charge >= 0.3 is 0 Å². The molecule has 0 radical (unpaired) electrons. The minimum atomic E-state index is -0.481. The molecule has 18 heavy (non-hydrogen) atoms. The summed E-state index contributed by atoms with van der Waals surface area (Å²) in [5.41, 5.74) is 5.71. The maximum Gasteiger partial charge on any atom is 0.227 e. The van der Waals surface area contributed by atoms with Crippen molar-refractivity contribution >= 4 is 56.6 Å². The van der Waals surface area contributed by atoms with Gasteiger partial charge in [0.2, 0.25) is 11.8 Å². The van der Waals surface area contributed by atoms with Crippen LogP contribution in [-0.2, 0) is 9.59 Å². The van der Waals surface area contributed by atoms with E-state index in [1.54, 1.807) is 12.1 Å². The van der Waals surface area contributed by atoms with Gasteiger partial charge in [-0.2, -0.15) is 0 Å². The molecule has 2 amide bonds. The SMILES string of the molecule is NC(=O)C1CC(=O)N(c2cc(Cl)c(Br)cc2Cl)C1. The van der Waals surface area contributed by atoms with Gasteiger partial charge in [-0.15, -0.1) is 0 Å². The zero-order valence-corrected chi connectivity index (χ0v) is 12.2. The molecule has 1 aliphatic heterocycles. The molecule has 1 saturated heterocycles. The third-order valence-electron chi connectivity index (χ3n) is 2.81. The molecule has 0 bridgehead atoms. The minimum absolute atomic E-state index is 0.110. The summed E-state index contributed by atoms with van der Waals surface area (Å²) in [4.78, 5) is 24.4. The summed E-state index contributed by atoms with van der Waals surface area (Å²) in [5, 5.41) is 0.842. The number of primary amides is 1. The van der Waals surface area contributed by atoms with Crippen molar-refractivity contribution in [2.75, 3.05) is 11.4 Å². The van der Waals surface area contributed by atoms with Gasteiger partial charge in [-0.25, -0.2) is 0 Å². The van der Waals surface area contributed by atoms with E-state index >= 15 is 0 Å². The van der Waals surface area contributed by atoms with Gasteiger partial charge in [0.15, 0.2) is 0 Å². The summed E-state index contributed by atoms with van der Waals surface area (Å²) >= 11 is 15.3. The Kier molecular flexibility index (Phi) is 3.84. The fraction of sp³-hybridized carbons (Fsp3) is 0.273. The molecule has 1 fully saturated rings. The molecule has 96 valence electrons. The lowest BCUT2D eigenvalue weighted by molar-refractivity contribution is -0.123. The summed E-state index contributed by atoms with van der Waals surface area (Å²) in [6.45, 7) is 0.242. The standard InChI is InChI=1S/C11H9BrCl2N2O2/c12-6-2-8(14)9(3-7(6)13)16-4-5(11(15)18)1-10(16)17/h2-3,5H,1,4H2,(H2,15,18). The maximum absolute atomic E-state index is 11.8. The molecule has 2 N–H and O–H groups in total. The first-order valence-corrected chi connectivity index (χ1v) is 6.69. The van der Waals surface area contributed by atoms with E-state index in [4.69, 9.17) is 28.9 Å². The van der Waals surface area contributed by atoms with Crippen molar-refractivity contribution in [3.05, 3.63) is 26.7 Å². The molecule has 7 heteroatoms. The Labute approximate surface area is 122 Å². The van der Waals surface area contributed by atoms with Crippen LogP contribution in [0.5, 0.6) is 0 Å². The summed E-state index contributed by atoms with van der Waals surface area (Å²) in [6.07, 6.45) is 0.110. The van der Waals surface area contributed by atoms with E-state index in [-0.39, 0.29) is 18.9 Å². The summed E-state index contributed by atoms with van der Waals surface area (Å²) in [6, 6.07) is 3.21. The van der Waals surface area contributed by atoms with E-state index in [1.165, 1.54) is 4.90 Å². The second-order valence-electron chi connectivity index (χ2n) is 4.03. The molecule has 1 aromatic carbocycles. The molecular formula is C11H9BrCl2N2O2. The first kappa shape index (κ1) is 13.6. The van der Waals surface area contributed by atoms with E-state index in [0.29, 0.717) is 20.2 Å². The highest BCUT2D eigenvalue weighted by molar-refractivity contribution is 9.10. The molecular weight excluding hydrogens is 343 g/mol. The quantitative estimate of drug-likeness (QED) is 0.832. The first-order chi connectivity index (χ1) is 8.40. The number of carbonyl (C=O) groups excluding carboxylic acids is 2.